The van der Waals surface area contributed by atoms with E-state index in [9.17, 15) is 14.4 Å². The van der Waals surface area contributed by atoms with Crippen LogP contribution in [0.1, 0.15) is 61.4 Å². The molecule has 0 saturated carbocycles. The van der Waals surface area contributed by atoms with E-state index in [0.717, 1.165) is 37.0 Å². The van der Waals surface area contributed by atoms with E-state index in [2.05, 4.69) is 26.1 Å². The van der Waals surface area contributed by atoms with E-state index in [4.69, 9.17) is 19.7 Å². The fourth-order valence-electron chi connectivity index (χ4n) is 4.78. The summed E-state index contributed by atoms with van der Waals surface area (Å²) in [7, 11) is 0. The molecule has 242 valence electrons. The van der Waals surface area contributed by atoms with Crippen LogP contribution in [-0.4, -0.2) is 104 Å². The van der Waals surface area contributed by atoms with Crippen molar-refractivity contribution in [3.63, 3.8) is 0 Å². The number of unbranched alkanes of at least 4 members (excludes halogenated alkanes) is 1. The molecule has 12 nitrogen and oxygen atoms in total. The predicted molar refractivity (Wildman–Crippen MR) is 171 cm³/mol. The molecule has 0 aromatic heterocycles. The lowest BCUT2D eigenvalue weighted by Crippen LogP contribution is -2.36. The average molecular weight is 631 g/mol. The third kappa shape index (κ3) is 13.6. The minimum absolute atomic E-state index is 0.0595. The normalized spacial score (nSPS) is 18.8. The van der Waals surface area contributed by atoms with Gasteiger partial charge >= 0.3 is 6.03 Å². The first-order valence-corrected chi connectivity index (χ1v) is 16.4. The Hall–Kier alpha value is -3.22. The van der Waals surface area contributed by atoms with Gasteiger partial charge in [-0.2, -0.15) is 16.6 Å². The van der Waals surface area contributed by atoms with Gasteiger partial charge in [0.1, 0.15) is 0 Å². The molecule has 2 saturated heterocycles. The maximum absolute atomic E-state index is 12.3. The number of nitrogens with one attached hydrogen (secondary N) is 4. The van der Waals surface area contributed by atoms with Crippen molar-refractivity contribution in [3.05, 3.63) is 47.0 Å². The Morgan fingerprint density at radius 3 is 2.30 bits per heavy atom. The SMILES string of the molecule is CC(C=Cc1ccc(C(=O)NCCCOCCOCCOCCCNC(=O)CCCCC2SCC3NC(=O)NC32)cc1)=[N+]=[N-]. The van der Waals surface area contributed by atoms with E-state index in [1.807, 2.05) is 30.0 Å². The zero-order valence-corrected chi connectivity index (χ0v) is 26.4. The summed E-state index contributed by atoms with van der Waals surface area (Å²) in [4.78, 5) is 38.8. The van der Waals surface area contributed by atoms with E-state index in [0.29, 0.717) is 82.1 Å². The van der Waals surface area contributed by atoms with Crippen molar-refractivity contribution in [2.24, 2.45) is 0 Å². The lowest BCUT2D eigenvalue weighted by Gasteiger charge is -2.16. The number of benzene rings is 1. The largest absolute Gasteiger partial charge is 0.379 e. The quantitative estimate of drug-likeness (QED) is 0.0503. The fraction of sp³-hybridized carbons (Fsp3) is 0.613. The molecule has 13 heteroatoms. The average Bonchev–Trinajstić information content (AvgIpc) is 3.59. The van der Waals surface area contributed by atoms with Crippen molar-refractivity contribution in [3.8, 4) is 0 Å². The molecule has 3 unspecified atom stereocenters. The standard InChI is InChI=1S/C31H46N6O6S/c1-23(37-32)8-9-24-10-12-25(13-11-24)30(39)34-15-5-17-42-19-21-43-20-18-41-16-4-14-33-28(38)7-3-2-6-27-29-26(22-44-27)35-31(40)36-29/h8-13,26-27,29H,2-7,14-22H2,1H3,(H,33,38)(H,34,39)(H2,35,36,40). The number of ether oxygens (including phenoxy) is 3. The molecule has 2 heterocycles. The number of hydrogen-bond acceptors (Lipinski definition) is 7. The van der Waals surface area contributed by atoms with Crippen molar-refractivity contribution in [2.45, 2.75) is 62.8 Å². The number of carbonyl (C=O) groups is 3. The molecular weight excluding hydrogens is 584 g/mol. The summed E-state index contributed by atoms with van der Waals surface area (Å²) in [5.41, 5.74) is 10.7. The number of allylic oxidation sites excluding steroid dienone is 1. The molecule has 1 aromatic carbocycles. The van der Waals surface area contributed by atoms with E-state index in [1.165, 1.54) is 0 Å². The molecule has 0 bridgehead atoms. The first kappa shape index (κ1) is 35.3. The van der Waals surface area contributed by atoms with Crippen LogP contribution in [0, 0.1) is 0 Å². The molecule has 0 radical (unpaired) electrons. The van der Waals surface area contributed by atoms with Crippen LogP contribution in [0.4, 0.5) is 4.79 Å². The van der Waals surface area contributed by atoms with Gasteiger partial charge in [-0.05, 0) is 49.5 Å². The van der Waals surface area contributed by atoms with Gasteiger partial charge in [-0.15, -0.1) is 0 Å². The molecule has 1 aromatic rings. The number of rotatable bonds is 22. The molecule has 2 aliphatic rings. The highest BCUT2D eigenvalue weighted by Crippen LogP contribution is 2.33. The highest BCUT2D eigenvalue weighted by molar-refractivity contribution is 8.00. The van der Waals surface area contributed by atoms with Gasteiger partial charge in [-0.25, -0.2) is 4.79 Å². The molecule has 4 N–H and O–H groups in total. The number of carbonyl (C=O) groups excluding carboxylic acids is 3. The Morgan fingerprint density at radius 1 is 0.955 bits per heavy atom. The smallest absolute Gasteiger partial charge is 0.315 e. The topological polar surface area (TPSA) is 163 Å². The third-order valence-corrected chi connectivity index (χ3v) is 8.72. The van der Waals surface area contributed by atoms with Gasteiger partial charge in [0.05, 0.1) is 38.5 Å². The summed E-state index contributed by atoms with van der Waals surface area (Å²) in [6, 6.07) is 7.58. The molecule has 3 atom stereocenters. The minimum atomic E-state index is -0.137. The second-order valence-corrected chi connectivity index (χ2v) is 12.0. The van der Waals surface area contributed by atoms with Crippen LogP contribution in [0.5, 0.6) is 0 Å². The van der Waals surface area contributed by atoms with Gasteiger partial charge in [0, 0.05) is 62.3 Å². The first-order valence-electron chi connectivity index (χ1n) is 15.4. The zero-order chi connectivity index (χ0) is 31.4. The van der Waals surface area contributed by atoms with Gasteiger partial charge in [-0.3, -0.25) is 9.59 Å². The monoisotopic (exact) mass is 630 g/mol. The summed E-state index contributed by atoms with van der Waals surface area (Å²) in [6.07, 6.45) is 8.33. The fourth-order valence-corrected chi connectivity index (χ4v) is 6.32. The van der Waals surface area contributed by atoms with E-state index >= 15 is 0 Å². The number of thioether (sulfide) groups is 1. The molecule has 0 aliphatic carbocycles. The van der Waals surface area contributed by atoms with Crippen molar-refractivity contribution >= 4 is 41.4 Å². The lowest BCUT2D eigenvalue weighted by atomic mass is 10.0. The zero-order valence-electron chi connectivity index (χ0n) is 25.6. The second-order valence-electron chi connectivity index (χ2n) is 10.7. The van der Waals surface area contributed by atoms with Crippen molar-refractivity contribution in [1.82, 2.24) is 21.3 Å². The molecule has 2 aliphatic heterocycles. The van der Waals surface area contributed by atoms with Gasteiger partial charge in [0.2, 0.25) is 5.91 Å². The molecule has 4 amide bonds. The summed E-state index contributed by atoms with van der Waals surface area (Å²) in [6.45, 7) is 5.81. The number of fused-ring (bicyclic) bond motifs is 1. The van der Waals surface area contributed by atoms with Crippen LogP contribution in [0.25, 0.3) is 11.6 Å². The molecular formula is C31H46N6O6S. The van der Waals surface area contributed by atoms with E-state index in [-0.39, 0.29) is 29.9 Å². The maximum atomic E-state index is 12.3. The van der Waals surface area contributed by atoms with Crippen LogP contribution in [0.2, 0.25) is 0 Å². The third-order valence-electron chi connectivity index (χ3n) is 7.21. The predicted octanol–water partition coefficient (Wildman–Crippen LogP) is 2.79. The first-order chi connectivity index (χ1) is 21.5. The van der Waals surface area contributed by atoms with Crippen LogP contribution in [0.3, 0.4) is 0 Å². The maximum Gasteiger partial charge on any atom is 0.315 e. The Balaban J connectivity index is 1.04. The minimum Gasteiger partial charge on any atom is -0.379 e. The van der Waals surface area contributed by atoms with Crippen LogP contribution in [-0.2, 0) is 19.0 Å². The lowest BCUT2D eigenvalue weighted by molar-refractivity contribution is -0.121. The molecule has 0 spiro atoms. The van der Waals surface area contributed by atoms with Gasteiger partial charge in [-0.1, -0.05) is 18.6 Å². The van der Waals surface area contributed by atoms with Gasteiger partial charge in [0.15, 0.2) is 0 Å². The van der Waals surface area contributed by atoms with Crippen LogP contribution < -0.4 is 21.3 Å². The number of urea groups is 1. The van der Waals surface area contributed by atoms with Gasteiger partial charge in [0.25, 0.3) is 11.6 Å². The van der Waals surface area contributed by atoms with Crippen molar-refractivity contribution in [1.29, 1.82) is 0 Å². The second kappa shape index (κ2) is 20.7. The number of nitrogens with zero attached hydrogens (tertiary/aromatic N) is 2. The summed E-state index contributed by atoms with van der Waals surface area (Å²) in [5, 5.41) is 12.2. The molecule has 44 heavy (non-hydrogen) atoms. The number of amides is 4. The van der Waals surface area contributed by atoms with Crippen molar-refractivity contribution < 1.29 is 33.4 Å². The van der Waals surface area contributed by atoms with Crippen LogP contribution in [0.15, 0.2) is 30.3 Å². The summed E-state index contributed by atoms with van der Waals surface area (Å²) in [5.74, 6) is 0.898. The summed E-state index contributed by atoms with van der Waals surface area (Å²) < 4.78 is 16.6. The Labute approximate surface area is 264 Å². The molecule has 2 fully saturated rings. The number of hydrogen-bond donors (Lipinski definition) is 4. The van der Waals surface area contributed by atoms with E-state index < -0.39 is 0 Å². The Kier molecular flexibility index (Phi) is 16.6. The summed E-state index contributed by atoms with van der Waals surface area (Å²) >= 11 is 1.90. The molecule has 3 rings (SSSR count). The van der Waals surface area contributed by atoms with Crippen molar-refractivity contribution in [2.75, 3.05) is 58.5 Å². The Morgan fingerprint density at radius 2 is 1.61 bits per heavy atom. The van der Waals surface area contributed by atoms with Gasteiger partial charge < -0.3 is 41.0 Å². The van der Waals surface area contributed by atoms with Crippen LogP contribution >= 0.6 is 11.8 Å². The highest BCUT2D eigenvalue weighted by Gasteiger charge is 2.42. The van der Waals surface area contributed by atoms with E-state index in [1.54, 1.807) is 25.1 Å². The Bertz CT molecular complexity index is 1130. The highest BCUT2D eigenvalue weighted by atomic mass is 32.2.